The first-order valence-corrected chi connectivity index (χ1v) is 10.5. The number of hydrogen-bond acceptors (Lipinski definition) is 7. The molecule has 2 aromatic carbocycles. The molecule has 0 spiro atoms. The lowest BCUT2D eigenvalue weighted by molar-refractivity contribution is -0.115. The minimum absolute atomic E-state index is 0.194. The van der Waals surface area contributed by atoms with Crippen LogP contribution in [0, 0.1) is 0 Å². The Kier molecular flexibility index (Phi) is 5.87. The summed E-state index contributed by atoms with van der Waals surface area (Å²) in [6, 6.07) is 11.1. The summed E-state index contributed by atoms with van der Waals surface area (Å²) in [4.78, 5) is 29.5. The number of fused-ring (bicyclic) bond motifs is 2. The Morgan fingerprint density at radius 3 is 2.50 bits per heavy atom. The normalized spacial score (nSPS) is 10.9. The average Bonchev–Trinajstić information content (AvgIpc) is 3.36. The fraction of sp³-hybridized carbons (Fsp3) is 0.227. The van der Waals surface area contributed by atoms with E-state index in [9.17, 15) is 9.59 Å². The molecule has 0 aliphatic rings. The van der Waals surface area contributed by atoms with Gasteiger partial charge in [0.1, 0.15) is 5.69 Å². The standard InChI is InChI=1S/C22H22N4O5S/c1-26-14(9-12-10-15(29-2)19(30-3)20(31-4)18(12)26)21(28)23-11-17(27)25-22-24-13-7-5-6-8-16(13)32-22/h5-10H,11H2,1-4H3,(H,23,28)(H,24,25,27). The number of nitrogens with zero attached hydrogens (tertiary/aromatic N) is 2. The number of methoxy groups -OCH3 is 3. The number of benzene rings is 2. The highest BCUT2D eigenvalue weighted by atomic mass is 32.1. The van der Waals surface area contributed by atoms with Crippen LogP contribution in [0.4, 0.5) is 5.13 Å². The van der Waals surface area contributed by atoms with Crippen LogP contribution in [0.2, 0.25) is 0 Å². The number of hydrogen-bond donors (Lipinski definition) is 2. The molecule has 0 unspecified atom stereocenters. The van der Waals surface area contributed by atoms with Crippen LogP contribution in [0.3, 0.4) is 0 Å². The van der Waals surface area contributed by atoms with Crippen molar-refractivity contribution in [3.63, 3.8) is 0 Å². The summed E-state index contributed by atoms with van der Waals surface area (Å²) in [5.41, 5.74) is 1.85. The second kappa shape index (κ2) is 8.75. The van der Waals surface area contributed by atoms with E-state index < -0.39 is 5.91 Å². The van der Waals surface area contributed by atoms with Crippen LogP contribution >= 0.6 is 11.3 Å². The molecule has 2 aromatic heterocycles. The van der Waals surface area contributed by atoms with Gasteiger partial charge in [-0.25, -0.2) is 4.98 Å². The number of para-hydroxylation sites is 1. The van der Waals surface area contributed by atoms with Crippen LogP contribution in [0.15, 0.2) is 36.4 Å². The minimum atomic E-state index is -0.400. The molecule has 0 fully saturated rings. The maximum Gasteiger partial charge on any atom is 0.268 e. The Labute approximate surface area is 187 Å². The third-order valence-corrected chi connectivity index (χ3v) is 5.96. The van der Waals surface area contributed by atoms with Gasteiger partial charge in [-0.3, -0.25) is 9.59 Å². The number of rotatable bonds is 7. The summed E-state index contributed by atoms with van der Waals surface area (Å²) in [6.45, 7) is -0.194. The molecule has 0 aliphatic carbocycles. The smallest absolute Gasteiger partial charge is 0.268 e. The first-order chi connectivity index (χ1) is 15.5. The average molecular weight is 455 g/mol. The number of thiazole rings is 1. The quantitative estimate of drug-likeness (QED) is 0.445. The molecule has 166 valence electrons. The lowest BCUT2D eigenvalue weighted by Crippen LogP contribution is -2.33. The number of anilines is 1. The molecular weight excluding hydrogens is 432 g/mol. The Morgan fingerprint density at radius 2 is 1.81 bits per heavy atom. The predicted octanol–water partition coefficient (Wildman–Crippen LogP) is 3.18. The van der Waals surface area contributed by atoms with Gasteiger partial charge in [0.15, 0.2) is 16.6 Å². The van der Waals surface area contributed by atoms with Gasteiger partial charge >= 0.3 is 0 Å². The highest BCUT2D eigenvalue weighted by Crippen LogP contribution is 2.44. The number of carbonyl (C=O) groups excluding carboxylic acids is 2. The molecule has 4 aromatic rings. The second-order valence-corrected chi connectivity index (χ2v) is 7.92. The maximum absolute atomic E-state index is 12.8. The summed E-state index contributed by atoms with van der Waals surface area (Å²) in [6.07, 6.45) is 0. The summed E-state index contributed by atoms with van der Waals surface area (Å²) in [7, 11) is 6.32. The molecule has 2 N–H and O–H groups in total. The molecule has 0 bridgehead atoms. The first-order valence-electron chi connectivity index (χ1n) is 9.68. The fourth-order valence-electron chi connectivity index (χ4n) is 3.54. The third kappa shape index (κ3) is 3.80. The van der Waals surface area contributed by atoms with E-state index in [2.05, 4.69) is 15.6 Å². The Hall–Kier alpha value is -3.79. The van der Waals surface area contributed by atoms with E-state index in [-0.39, 0.29) is 12.5 Å². The highest BCUT2D eigenvalue weighted by molar-refractivity contribution is 7.22. The summed E-state index contributed by atoms with van der Waals surface area (Å²) >= 11 is 1.38. The van der Waals surface area contributed by atoms with Gasteiger partial charge in [0.2, 0.25) is 11.7 Å². The number of aryl methyl sites for hydroxylation is 1. The zero-order valence-electron chi connectivity index (χ0n) is 18.0. The van der Waals surface area contributed by atoms with E-state index in [1.807, 2.05) is 24.3 Å². The van der Waals surface area contributed by atoms with E-state index in [4.69, 9.17) is 14.2 Å². The van der Waals surface area contributed by atoms with Crippen molar-refractivity contribution in [2.24, 2.45) is 7.05 Å². The number of nitrogens with one attached hydrogen (secondary N) is 2. The van der Waals surface area contributed by atoms with Crippen LogP contribution < -0.4 is 24.8 Å². The number of ether oxygens (including phenoxy) is 3. The van der Waals surface area contributed by atoms with E-state index >= 15 is 0 Å². The van der Waals surface area contributed by atoms with Crippen LogP contribution in [0.1, 0.15) is 10.5 Å². The SMILES string of the molecule is COc1cc2cc(C(=O)NCC(=O)Nc3nc4ccccc4s3)n(C)c2c(OC)c1OC. The summed E-state index contributed by atoms with van der Waals surface area (Å²) < 4.78 is 19.0. The number of carbonyl (C=O) groups is 2. The van der Waals surface area contributed by atoms with Crippen molar-refractivity contribution in [1.29, 1.82) is 0 Å². The molecule has 0 aliphatic heterocycles. The maximum atomic E-state index is 12.8. The van der Waals surface area contributed by atoms with Crippen molar-refractivity contribution in [3.8, 4) is 17.2 Å². The molecule has 0 atom stereocenters. The minimum Gasteiger partial charge on any atom is -0.493 e. The van der Waals surface area contributed by atoms with E-state index in [0.29, 0.717) is 33.6 Å². The van der Waals surface area contributed by atoms with E-state index in [1.165, 1.54) is 32.7 Å². The van der Waals surface area contributed by atoms with Gasteiger partial charge in [-0.05, 0) is 24.3 Å². The first kappa shape index (κ1) is 21.4. The molecular formula is C22H22N4O5S. The highest BCUT2D eigenvalue weighted by Gasteiger charge is 2.22. The van der Waals surface area contributed by atoms with Gasteiger partial charge < -0.3 is 29.4 Å². The molecule has 9 nitrogen and oxygen atoms in total. The van der Waals surface area contributed by atoms with E-state index in [0.717, 1.165) is 15.6 Å². The molecule has 32 heavy (non-hydrogen) atoms. The van der Waals surface area contributed by atoms with E-state index in [1.54, 1.807) is 23.7 Å². The number of amides is 2. The molecule has 10 heteroatoms. The monoisotopic (exact) mass is 454 g/mol. The van der Waals surface area contributed by atoms with Crippen LogP contribution in [0.5, 0.6) is 17.2 Å². The lowest BCUT2D eigenvalue weighted by atomic mass is 10.2. The molecule has 0 saturated heterocycles. The molecule has 2 amide bonds. The Balaban J connectivity index is 1.52. The van der Waals surface area contributed by atoms with Gasteiger partial charge in [0.25, 0.3) is 5.91 Å². The molecule has 2 heterocycles. The Morgan fingerprint density at radius 1 is 1.06 bits per heavy atom. The van der Waals surface area contributed by atoms with Crippen molar-refractivity contribution < 1.29 is 23.8 Å². The number of aromatic nitrogens is 2. The fourth-order valence-corrected chi connectivity index (χ4v) is 4.42. The van der Waals surface area contributed by atoms with Crippen LogP contribution in [-0.2, 0) is 11.8 Å². The topological polar surface area (TPSA) is 104 Å². The van der Waals surface area contributed by atoms with Crippen molar-refractivity contribution in [3.05, 3.63) is 42.1 Å². The van der Waals surface area contributed by atoms with Crippen LogP contribution in [-0.4, -0.2) is 49.2 Å². The van der Waals surface area contributed by atoms with Gasteiger partial charge in [-0.2, -0.15) is 0 Å². The zero-order chi connectivity index (χ0) is 22.8. The Bertz CT molecular complexity index is 1290. The second-order valence-electron chi connectivity index (χ2n) is 6.89. The van der Waals surface area contributed by atoms with Crippen molar-refractivity contribution in [1.82, 2.24) is 14.9 Å². The summed E-state index contributed by atoms with van der Waals surface area (Å²) in [5, 5.41) is 6.60. The largest absolute Gasteiger partial charge is 0.493 e. The molecule has 0 radical (unpaired) electrons. The van der Waals surface area contributed by atoms with Gasteiger partial charge in [0.05, 0.1) is 43.6 Å². The lowest BCUT2D eigenvalue weighted by Gasteiger charge is -2.14. The zero-order valence-corrected chi connectivity index (χ0v) is 18.8. The van der Waals surface area contributed by atoms with Gasteiger partial charge in [-0.15, -0.1) is 0 Å². The van der Waals surface area contributed by atoms with Crippen LogP contribution in [0.25, 0.3) is 21.1 Å². The van der Waals surface area contributed by atoms with Gasteiger partial charge in [-0.1, -0.05) is 23.5 Å². The van der Waals surface area contributed by atoms with Gasteiger partial charge in [0, 0.05) is 12.4 Å². The molecule has 4 rings (SSSR count). The van der Waals surface area contributed by atoms with Crippen molar-refractivity contribution >= 4 is 49.4 Å². The van der Waals surface area contributed by atoms with Crippen molar-refractivity contribution in [2.45, 2.75) is 0 Å². The third-order valence-electron chi connectivity index (χ3n) is 5.00. The van der Waals surface area contributed by atoms with Crippen molar-refractivity contribution in [2.75, 3.05) is 33.2 Å². The predicted molar refractivity (Wildman–Crippen MR) is 123 cm³/mol. The summed E-state index contributed by atoms with van der Waals surface area (Å²) in [5.74, 6) is 0.618. The molecule has 0 saturated carbocycles.